The van der Waals surface area contributed by atoms with Gasteiger partial charge in [-0.1, -0.05) is 12.1 Å². The van der Waals surface area contributed by atoms with Gasteiger partial charge in [-0.25, -0.2) is 13.8 Å². The van der Waals surface area contributed by atoms with Gasteiger partial charge in [-0.15, -0.1) is 0 Å². The zero-order valence-electron chi connectivity index (χ0n) is 19.0. The van der Waals surface area contributed by atoms with Crippen LogP contribution in [0, 0.1) is 0 Å². The molecule has 10 heteroatoms. The molecule has 1 atom stereocenters. The molecule has 176 valence electrons. The molecule has 2 aliphatic rings. The lowest BCUT2D eigenvalue weighted by molar-refractivity contribution is -0.0423. The quantitative estimate of drug-likeness (QED) is 0.592. The van der Waals surface area contributed by atoms with Crippen molar-refractivity contribution in [2.75, 3.05) is 49.3 Å². The number of aromatic nitrogens is 4. The van der Waals surface area contributed by atoms with E-state index in [1.54, 1.807) is 24.3 Å². The molecule has 1 aromatic carbocycles. The van der Waals surface area contributed by atoms with Crippen molar-refractivity contribution in [1.29, 1.82) is 0 Å². The molecule has 0 unspecified atom stereocenters. The zero-order chi connectivity index (χ0) is 23.2. The van der Waals surface area contributed by atoms with Crippen LogP contribution in [0.25, 0.3) is 17.0 Å². The molecule has 0 radical (unpaired) electrons. The van der Waals surface area contributed by atoms with Crippen LogP contribution in [0.5, 0.6) is 0 Å². The molecule has 3 aromatic rings. The average Bonchev–Trinajstić information content (AvgIpc) is 3.21. The minimum Gasteiger partial charge on any atom is -0.378 e. The lowest BCUT2D eigenvalue weighted by Crippen LogP contribution is -2.53. The molecule has 8 nitrogen and oxygen atoms in total. The van der Waals surface area contributed by atoms with Gasteiger partial charge in [0.1, 0.15) is 11.6 Å². The number of benzene rings is 1. The summed E-state index contributed by atoms with van der Waals surface area (Å²) in [7, 11) is 0. The first kappa shape index (κ1) is 22.0. The molecule has 0 aliphatic carbocycles. The van der Waals surface area contributed by atoms with Crippen molar-refractivity contribution >= 4 is 22.7 Å². The Morgan fingerprint density at radius 2 is 1.79 bits per heavy atom. The number of para-hydroxylation sites is 2. The van der Waals surface area contributed by atoms with Crippen molar-refractivity contribution in [3.63, 3.8) is 0 Å². The number of morpholine rings is 2. The van der Waals surface area contributed by atoms with Gasteiger partial charge >= 0.3 is 0 Å². The van der Waals surface area contributed by atoms with E-state index in [1.165, 1.54) is 4.57 Å². The summed E-state index contributed by atoms with van der Waals surface area (Å²) in [5.41, 5.74) is 0.677. The predicted octanol–water partition coefficient (Wildman–Crippen LogP) is 3.59. The Kier molecular flexibility index (Phi) is 5.65. The highest BCUT2D eigenvalue weighted by atomic mass is 19.3. The Labute approximate surface area is 191 Å². The number of ether oxygens (including phenoxy) is 2. The van der Waals surface area contributed by atoms with Crippen molar-refractivity contribution in [2.45, 2.75) is 38.8 Å². The Hall–Kier alpha value is -2.85. The van der Waals surface area contributed by atoms with E-state index < -0.39 is 6.43 Å². The lowest BCUT2D eigenvalue weighted by Gasteiger charge is -2.43. The number of hydrogen-bond acceptors (Lipinski definition) is 7. The third-order valence-corrected chi connectivity index (χ3v) is 6.10. The molecule has 0 bridgehead atoms. The predicted molar refractivity (Wildman–Crippen MR) is 121 cm³/mol. The van der Waals surface area contributed by atoms with Crippen LogP contribution < -0.4 is 9.80 Å². The highest BCUT2D eigenvalue weighted by Crippen LogP contribution is 2.31. The van der Waals surface area contributed by atoms with E-state index in [2.05, 4.69) is 21.7 Å². The molecule has 0 N–H and O–H groups in total. The van der Waals surface area contributed by atoms with Crippen LogP contribution in [0.4, 0.5) is 20.4 Å². The maximum atomic E-state index is 14.0. The molecule has 5 rings (SSSR count). The lowest BCUT2D eigenvalue weighted by atomic mass is 10.0. The molecule has 2 fully saturated rings. The summed E-state index contributed by atoms with van der Waals surface area (Å²) in [5, 5.41) is 0. The molecular formula is C23H28F2N6O2. The molecular weight excluding hydrogens is 430 g/mol. The van der Waals surface area contributed by atoms with Crippen molar-refractivity contribution in [3.8, 4) is 5.95 Å². The smallest absolute Gasteiger partial charge is 0.296 e. The number of rotatable bonds is 4. The number of hydrogen-bond donors (Lipinski definition) is 0. The highest BCUT2D eigenvalue weighted by Gasteiger charge is 2.33. The first-order valence-corrected chi connectivity index (χ1v) is 11.2. The molecule has 0 saturated carbocycles. The second kappa shape index (κ2) is 8.49. The van der Waals surface area contributed by atoms with Gasteiger partial charge in [0.05, 0.1) is 42.5 Å². The van der Waals surface area contributed by atoms with Gasteiger partial charge in [0.15, 0.2) is 5.82 Å². The minimum absolute atomic E-state index is 0.0763. The number of nitrogens with zero attached hydrogens (tertiary/aromatic N) is 6. The number of anilines is 2. The Morgan fingerprint density at radius 3 is 2.55 bits per heavy atom. The van der Waals surface area contributed by atoms with Crippen LogP contribution in [0.3, 0.4) is 0 Å². The van der Waals surface area contributed by atoms with E-state index in [1.807, 2.05) is 19.9 Å². The summed E-state index contributed by atoms with van der Waals surface area (Å²) >= 11 is 0. The number of fused-ring (bicyclic) bond motifs is 1. The van der Waals surface area contributed by atoms with E-state index in [4.69, 9.17) is 19.4 Å². The summed E-state index contributed by atoms with van der Waals surface area (Å²) in [6.45, 7) is 9.85. The standard InChI is InChI=1S/C23H28F2N6O2/c1-15-13-33-23(2,3)14-30(15)19-12-18(29-8-10-32-11-9-29)27-22(28-19)31-17-7-5-4-6-16(17)26-21(31)20(24)25/h4-7,12,15,20H,8-11,13-14H2,1-3H3/t15-/m1/s1. The normalized spacial score (nSPS) is 21.2. The second-order valence-electron chi connectivity index (χ2n) is 9.13. The van der Waals surface area contributed by atoms with Crippen LogP contribution >= 0.6 is 0 Å². The van der Waals surface area contributed by atoms with Gasteiger partial charge in [-0.05, 0) is 32.9 Å². The van der Waals surface area contributed by atoms with Gasteiger partial charge in [0.2, 0.25) is 5.95 Å². The van der Waals surface area contributed by atoms with Crippen LogP contribution in [0.1, 0.15) is 33.0 Å². The number of imidazole rings is 1. The van der Waals surface area contributed by atoms with Gasteiger partial charge in [0, 0.05) is 25.7 Å². The molecule has 4 heterocycles. The SMILES string of the molecule is C[C@@H]1COC(C)(C)CN1c1cc(N2CCOCC2)nc(-n2c(C(F)F)nc3ccccc32)n1. The van der Waals surface area contributed by atoms with Crippen LogP contribution in [-0.2, 0) is 9.47 Å². The summed E-state index contributed by atoms with van der Waals surface area (Å²) in [6, 6.07) is 9.08. The summed E-state index contributed by atoms with van der Waals surface area (Å²) in [4.78, 5) is 18.0. The van der Waals surface area contributed by atoms with E-state index in [0.29, 0.717) is 62.1 Å². The molecule has 2 saturated heterocycles. The first-order valence-electron chi connectivity index (χ1n) is 11.2. The third kappa shape index (κ3) is 4.24. The third-order valence-electron chi connectivity index (χ3n) is 6.10. The zero-order valence-corrected chi connectivity index (χ0v) is 19.0. The summed E-state index contributed by atoms with van der Waals surface area (Å²) in [5.74, 6) is 1.20. The highest BCUT2D eigenvalue weighted by molar-refractivity contribution is 5.78. The van der Waals surface area contributed by atoms with E-state index in [0.717, 1.165) is 0 Å². The monoisotopic (exact) mass is 458 g/mol. The molecule has 0 spiro atoms. The number of halogens is 2. The molecule has 33 heavy (non-hydrogen) atoms. The topological polar surface area (TPSA) is 68.5 Å². The summed E-state index contributed by atoms with van der Waals surface area (Å²) in [6.07, 6.45) is -2.77. The fourth-order valence-corrected chi connectivity index (χ4v) is 4.37. The average molecular weight is 459 g/mol. The van der Waals surface area contributed by atoms with Crippen LogP contribution in [-0.4, -0.2) is 70.6 Å². The number of alkyl halides is 2. The first-order chi connectivity index (χ1) is 15.8. The van der Waals surface area contributed by atoms with E-state index >= 15 is 0 Å². The fraction of sp³-hybridized carbons (Fsp3) is 0.522. The van der Waals surface area contributed by atoms with E-state index in [-0.39, 0.29) is 23.4 Å². The largest absolute Gasteiger partial charge is 0.378 e. The van der Waals surface area contributed by atoms with Crippen molar-refractivity contribution in [3.05, 3.63) is 36.2 Å². The Bertz CT molecular complexity index is 1150. The molecule has 0 amide bonds. The van der Waals surface area contributed by atoms with Gasteiger partial charge in [0.25, 0.3) is 6.43 Å². The van der Waals surface area contributed by atoms with Crippen molar-refractivity contribution < 1.29 is 18.3 Å². The van der Waals surface area contributed by atoms with E-state index in [9.17, 15) is 8.78 Å². The summed E-state index contributed by atoms with van der Waals surface area (Å²) < 4.78 is 40.9. The minimum atomic E-state index is -2.77. The second-order valence-corrected chi connectivity index (χ2v) is 9.13. The Morgan fingerprint density at radius 1 is 1.06 bits per heavy atom. The van der Waals surface area contributed by atoms with Crippen LogP contribution in [0.2, 0.25) is 0 Å². The van der Waals surface area contributed by atoms with Gasteiger partial charge in [-0.3, -0.25) is 4.57 Å². The Balaban J connectivity index is 1.69. The van der Waals surface area contributed by atoms with Crippen molar-refractivity contribution in [1.82, 2.24) is 19.5 Å². The van der Waals surface area contributed by atoms with Gasteiger partial charge < -0.3 is 19.3 Å². The maximum absolute atomic E-state index is 14.0. The van der Waals surface area contributed by atoms with Gasteiger partial charge in [-0.2, -0.15) is 9.97 Å². The van der Waals surface area contributed by atoms with Crippen LogP contribution in [0.15, 0.2) is 30.3 Å². The maximum Gasteiger partial charge on any atom is 0.296 e. The fourth-order valence-electron chi connectivity index (χ4n) is 4.37. The molecule has 2 aromatic heterocycles. The van der Waals surface area contributed by atoms with Crippen molar-refractivity contribution in [2.24, 2.45) is 0 Å². The molecule has 2 aliphatic heterocycles.